The van der Waals surface area contributed by atoms with Crippen molar-refractivity contribution in [3.05, 3.63) is 0 Å². The second kappa shape index (κ2) is 9.94. The summed E-state index contributed by atoms with van der Waals surface area (Å²) < 4.78 is 3.58. The zero-order valence-electron chi connectivity index (χ0n) is 10.4. The van der Waals surface area contributed by atoms with E-state index in [1.165, 1.54) is 45.3 Å². The Morgan fingerprint density at radius 2 is 1.40 bits per heavy atom. The topological polar surface area (TPSA) is 24.1 Å². The average molecular weight is 299 g/mol. The Hall–Kier alpha value is 0.750. The molecule has 0 atom stereocenters. The van der Waals surface area contributed by atoms with E-state index in [-0.39, 0.29) is 0 Å². The molecule has 4 heteroatoms. The second-order valence-corrected chi connectivity index (χ2v) is 9.34. The van der Waals surface area contributed by atoms with E-state index < -0.39 is 10.2 Å². The molecule has 0 spiro atoms. The number of unbranched alkanes of at least 4 members (excludes halogenated alkanes) is 2. The SMILES string of the molecule is CS(C)(C)NCCCCNCCCCBr. The number of alkyl halides is 1. The molecule has 0 amide bonds. The monoisotopic (exact) mass is 298 g/mol. The zero-order chi connectivity index (χ0) is 11.6. The number of hydrogen-bond donors (Lipinski definition) is 2. The molecule has 0 unspecified atom stereocenters. The molecule has 0 aromatic heterocycles. The summed E-state index contributed by atoms with van der Waals surface area (Å²) in [5, 5.41) is 4.61. The number of hydrogen-bond acceptors (Lipinski definition) is 2. The molecule has 0 fully saturated rings. The summed E-state index contributed by atoms with van der Waals surface area (Å²) in [5.41, 5.74) is 0. The first kappa shape index (κ1) is 15.8. The molecule has 0 aliphatic carbocycles. The van der Waals surface area contributed by atoms with Gasteiger partial charge in [0.2, 0.25) is 0 Å². The van der Waals surface area contributed by atoms with Gasteiger partial charge in [-0.05, 0) is 57.5 Å². The first-order chi connectivity index (χ1) is 7.06. The molecule has 0 aromatic carbocycles. The Labute approximate surface area is 106 Å². The van der Waals surface area contributed by atoms with Gasteiger partial charge in [0.25, 0.3) is 0 Å². The Bertz CT molecular complexity index is 137. The summed E-state index contributed by atoms with van der Waals surface area (Å²) in [6.45, 7) is 3.51. The summed E-state index contributed by atoms with van der Waals surface area (Å²) in [6.07, 6.45) is 12.0. The number of halogens is 1. The van der Waals surface area contributed by atoms with Crippen LogP contribution < -0.4 is 10.0 Å². The van der Waals surface area contributed by atoms with Crippen LogP contribution in [0.15, 0.2) is 0 Å². The average Bonchev–Trinajstić information content (AvgIpc) is 2.14. The molecule has 0 aliphatic heterocycles. The lowest BCUT2D eigenvalue weighted by atomic mass is 10.3. The van der Waals surface area contributed by atoms with Gasteiger partial charge in [0.1, 0.15) is 0 Å². The molecule has 0 bridgehead atoms. The van der Waals surface area contributed by atoms with Crippen LogP contribution in [0.5, 0.6) is 0 Å². The van der Waals surface area contributed by atoms with Crippen molar-refractivity contribution in [2.24, 2.45) is 0 Å². The Morgan fingerprint density at radius 3 is 1.93 bits per heavy atom. The van der Waals surface area contributed by atoms with Gasteiger partial charge in [-0.15, -0.1) is 0 Å². The third-order valence-corrected chi connectivity index (χ3v) is 3.68. The van der Waals surface area contributed by atoms with Gasteiger partial charge in [-0.1, -0.05) is 15.9 Å². The predicted octanol–water partition coefficient (Wildman–Crippen LogP) is 2.73. The van der Waals surface area contributed by atoms with Crippen LogP contribution in [0.3, 0.4) is 0 Å². The van der Waals surface area contributed by atoms with E-state index in [1.807, 2.05) is 0 Å². The van der Waals surface area contributed by atoms with Crippen LogP contribution in [0.2, 0.25) is 0 Å². The number of nitrogens with one attached hydrogen (secondary N) is 2. The molecule has 2 nitrogen and oxygen atoms in total. The Balaban J connectivity index is 2.99. The Morgan fingerprint density at radius 1 is 0.867 bits per heavy atom. The molecule has 0 aliphatic rings. The van der Waals surface area contributed by atoms with Crippen LogP contribution in [0, 0.1) is 0 Å². The normalized spacial score (nSPS) is 13.1. The molecular weight excluding hydrogens is 272 g/mol. The molecule has 2 N–H and O–H groups in total. The van der Waals surface area contributed by atoms with Crippen LogP contribution >= 0.6 is 26.1 Å². The summed E-state index contributed by atoms with van der Waals surface area (Å²) in [6, 6.07) is 0. The van der Waals surface area contributed by atoms with Gasteiger partial charge in [0.05, 0.1) is 0 Å². The molecule has 0 rings (SSSR count). The van der Waals surface area contributed by atoms with Crippen LogP contribution in [0.4, 0.5) is 0 Å². The first-order valence-corrected chi connectivity index (χ1v) is 9.74. The van der Waals surface area contributed by atoms with E-state index in [9.17, 15) is 0 Å². The minimum absolute atomic E-state index is 0.504. The highest BCUT2D eigenvalue weighted by molar-refractivity contribution is 9.09. The highest BCUT2D eigenvalue weighted by atomic mass is 79.9. The molecule has 0 saturated carbocycles. The molecule has 0 saturated heterocycles. The van der Waals surface area contributed by atoms with E-state index in [0.29, 0.717) is 0 Å². The van der Waals surface area contributed by atoms with Crippen LogP contribution in [0.25, 0.3) is 0 Å². The van der Waals surface area contributed by atoms with E-state index in [4.69, 9.17) is 0 Å². The molecular formula is C11H27BrN2S. The smallest absolute Gasteiger partial charge is 0.00438 e. The summed E-state index contributed by atoms with van der Waals surface area (Å²) >= 11 is 3.44. The van der Waals surface area contributed by atoms with Crippen molar-refractivity contribution in [2.75, 3.05) is 43.7 Å². The van der Waals surface area contributed by atoms with Crippen molar-refractivity contribution in [3.63, 3.8) is 0 Å². The molecule has 94 valence electrons. The largest absolute Gasteiger partial charge is 0.317 e. The van der Waals surface area contributed by atoms with Gasteiger partial charge in [-0.3, -0.25) is 4.72 Å². The maximum atomic E-state index is 3.58. The molecule has 0 aromatic rings. The van der Waals surface area contributed by atoms with Crippen molar-refractivity contribution >= 4 is 26.1 Å². The third kappa shape index (κ3) is 14.8. The van der Waals surface area contributed by atoms with Gasteiger partial charge in [-0.25, -0.2) is 0 Å². The maximum Gasteiger partial charge on any atom is 0.00438 e. The zero-order valence-corrected chi connectivity index (χ0v) is 12.8. The molecule has 0 heterocycles. The van der Waals surface area contributed by atoms with E-state index in [2.05, 4.69) is 44.7 Å². The number of rotatable bonds is 10. The Kier molecular flexibility index (Phi) is 10.4. The van der Waals surface area contributed by atoms with Gasteiger partial charge < -0.3 is 5.32 Å². The molecule has 0 radical (unpaired) electrons. The van der Waals surface area contributed by atoms with E-state index in [0.717, 1.165) is 5.33 Å². The summed E-state index contributed by atoms with van der Waals surface area (Å²) in [4.78, 5) is 0. The highest BCUT2D eigenvalue weighted by Crippen LogP contribution is 2.27. The first-order valence-electron chi connectivity index (χ1n) is 5.76. The van der Waals surface area contributed by atoms with Crippen LogP contribution in [-0.4, -0.2) is 43.7 Å². The predicted molar refractivity (Wildman–Crippen MR) is 78.5 cm³/mol. The fourth-order valence-corrected chi connectivity index (χ4v) is 2.38. The fraction of sp³-hybridized carbons (Fsp3) is 1.00. The van der Waals surface area contributed by atoms with Crippen molar-refractivity contribution in [3.8, 4) is 0 Å². The van der Waals surface area contributed by atoms with Crippen molar-refractivity contribution in [2.45, 2.75) is 25.7 Å². The quantitative estimate of drug-likeness (QED) is 0.479. The van der Waals surface area contributed by atoms with Crippen LogP contribution in [-0.2, 0) is 0 Å². The van der Waals surface area contributed by atoms with Crippen LogP contribution in [0.1, 0.15) is 25.7 Å². The highest BCUT2D eigenvalue weighted by Gasteiger charge is 2.00. The van der Waals surface area contributed by atoms with Gasteiger partial charge in [-0.2, -0.15) is 10.2 Å². The van der Waals surface area contributed by atoms with Crippen molar-refractivity contribution in [1.82, 2.24) is 10.0 Å². The maximum absolute atomic E-state index is 3.58. The van der Waals surface area contributed by atoms with Gasteiger partial charge in [0.15, 0.2) is 0 Å². The lowest BCUT2D eigenvalue weighted by molar-refractivity contribution is 0.600. The lowest BCUT2D eigenvalue weighted by Crippen LogP contribution is -2.21. The van der Waals surface area contributed by atoms with Gasteiger partial charge >= 0.3 is 0 Å². The fourth-order valence-electron chi connectivity index (χ4n) is 1.22. The van der Waals surface area contributed by atoms with Crippen molar-refractivity contribution < 1.29 is 0 Å². The summed E-state index contributed by atoms with van der Waals surface area (Å²) in [5.74, 6) is 0. The van der Waals surface area contributed by atoms with Crippen molar-refractivity contribution in [1.29, 1.82) is 0 Å². The second-order valence-electron chi connectivity index (χ2n) is 4.58. The van der Waals surface area contributed by atoms with Gasteiger partial charge in [0, 0.05) is 11.9 Å². The minimum atomic E-state index is -0.504. The van der Waals surface area contributed by atoms with E-state index >= 15 is 0 Å². The standard InChI is InChI=1S/C11H27BrN2S/c1-15(2,3)14-11-7-6-10-13-9-5-4-8-12/h13-14H,4-11H2,1-3H3. The third-order valence-electron chi connectivity index (χ3n) is 2.05. The van der Waals surface area contributed by atoms with E-state index in [1.54, 1.807) is 0 Å². The molecule has 15 heavy (non-hydrogen) atoms. The summed E-state index contributed by atoms with van der Waals surface area (Å²) in [7, 11) is -0.504. The lowest BCUT2D eigenvalue weighted by Gasteiger charge is -2.26. The minimum Gasteiger partial charge on any atom is -0.317 e.